The first-order valence-electron chi connectivity index (χ1n) is 5.24. The monoisotopic (exact) mass is 192 g/mol. The second-order valence-electron chi connectivity index (χ2n) is 4.27. The van der Waals surface area contributed by atoms with Gasteiger partial charge >= 0.3 is 0 Å². The minimum absolute atomic E-state index is 0.611. The first-order chi connectivity index (χ1) is 6.61. The Morgan fingerprint density at radius 2 is 1.93 bits per heavy atom. The third-order valence-electron chi connectivity index (χ3n) is 2.43. The third kappa shape index (κ3) is 3.15. The lowest BCUT2D eigenvalue weighted by Crippen LogP contribution is -2.03. The van der Waals surface area contributed by atoms with E-state index in [0.29, 0.717) is 5.92 Å². The fourth-order valence-corrected chi connectivity index (χ4v) is 1.37. The van der Waals surface area contributed by atoms with Gasteiger partial charge < -0.3 is 4.74 Å². The van der Waals surface area contributed by atoms with E-state index in [1.807, 2.05) is 0 Å². The van der Waals surface area contributed by atoms with Crippen molar-refractivity contribution in [3.05, 3.63) is 34.9 Å². The van der Waals surface area contributed by atoms with Crippen LogP contribution in [-0.4, -0.2) is 6.61 Å². The molecule has 0 unspecified atom stereocenters. The molecule has 0 atom stereocenters. The van der Waals surface area contributed by atoms with Crippen molar-refractivity contribution in [1.82, 2.24) is 0 Å². The highest BCUT2D eigenvalue weighted by atomic mass is 16.5. The van der Waals surface area contributed by atoms with Crippen LogP contribution in [0, 0.1) is 19.8 Å². The minimum Gasteiger partial charge on any atom is -0.376 e. The first-order valence-corrected chi connectivity index (χ1v) is 5.24. The predicted octanol–water partition coefficient (Wildman–Crippen LogP) is 3.48. The van der Waals surface area contributed by atoms with Crippen molar-refractivity contribution in [1.29, 1.82) is 0 Å². The van der Waals surface area contributed by atoms with Crippen LogP contribution in [0.5, 0.6) is 0 Å². The molecule has 0 spiro atoms. The molecule has 1 nitrogen and oxygen atoms in total. The van der Waals surface area contributed by atoms with Gasteiger partial charge in [-0.05, 0) is 36.5 Å². The van der Waals surface area contributed by atoms with Crippen LogP contribution in [0.4, 0.5) is 0 Å². The van der Waals surface area contributed by atoms with Gasteiger partial charge in [0, 0.05) is 6.61 Å². The molecule has 1 rings (SSSR count). The van der Waals surface area contributed by atoms with Gasteiger partial charge in [0.15, 0.2) is 0 Å². The zero-order valence-corrected chi connectivity index (χ0v) is 9.63. The Hall–Kier alpha value is -0.820. The topological polar surface area (TPSA) is 9.23 Å². The molecule has 0 aliphatic heterocycles. The second-order valence-corrected chi connectivity index (χ2v) is 4.27. The first kappa shape index (κ1) is 11.3. The minimum atomic E-state index is 0.611. The Labute approximate surface area is 87.1 Å². The smallest absolute Gasteiger partial charge is 0.0719 e. The Balaban J connectivity index is 2.54. The van der Waals surface area contributed by atoms with Gasteiger partial charge in [-0.1, -0.05) is 32.0 Å². The molecule has 1 aromatic rings. The number of ether oxygens (including phenoxy) is 1. The lowest BCUT2D eigenvalue weighted by molar-refractivity contribution is 0.0967. The van der Waals surface area contributed by atoms with E-state index in [-0.39, 0.29) is 0 Å². The fourth-order valence-electron chi connectivity index (χ4n) is 1.37. The van der Waals surface area contributed by atoms with Crippen LogP contribution in [-0.2, 0) is 11.3 Å². The normalized spacial score (nSPS) is 10.9. The summed E-state index contributed by atoms with van der Waals surface area (Å²) in [5.74, 6) is 0.611. The van der Waals surface area contributed by atoms with E-state index in [2.05, 4.69) is 45.9 Å². The van der Waals surface area contributed by atoms with E-state index in [0.717, 1.165) is 13.2 Å². The summed E-state index contributed by atoms with van der Waals surface area (Å²) in [7, 11) is 0. The molecule has 0 heterocycles. The number of hydrogen-bond donors (Lipinski definition) is 0. The summed E-state index contributed by atoms with van der Waals surface area (Å²) in [5.41, 5.74) is 4.01. The maximum atomic E-state index is 5.62. The van der Waals surface area contributed by atoms with Crippen molar-refractivity contribution in [3.8, 4) is 0 Å². The van der Waals surface area contributed by atoms with Crippen LogP contribution in [0.25, 0.3) is 0 Å². The molecule has 0 aliphatic carbocycles. The standard InChI is InChI=1S/C13H20O/c1-10(2)8-14-9-13-7-5-6-11(3)12(13)4/h5-7,10H,8-9H2,1-4H3. The fraction of sp³-hybridized carbons (Fsp3) is 0.538. The van der Waals surface area contributed by atoms with Gasteiger partial charge in [-0.25, -0.2) is 0 Å². The highest BCUT2D eigenvalue weighted by Crippen LogP contribution is 2.13. The molecule has 0 radical (unpaired) electrons. The Kier molecular flexibility index (Phi) is 4.15. The van der Waals surface area contributed by atoms with Crippen LogP contribution in [0.2, 0.25) is 0 Å². The van der Waals surface area contributed by atoms with Crippen LogP contribution in [0.3, 0.4) is 0 Å². The molecule has 0 saturated carbocycles. The SMILES string of the molecule is Cc1cccc(COCC(C)C)c1C. The van der Waals surface area contributed by atoms with E-state index in [1.165, 1.54) is 16.7 Å². The van der Waals surface area contributed by atoms with Gasteiger partial charge in [0.25, 0.3) is 0 Å². The van der Waals surface area contributed by atoms with Crippen molar-refractivity contribution >= 4 is 0 Å². The second kappa shape index (κ2) is 5.16. The van der Waals surface area contributed by atoms with Crippen LogP contribution < -0.4 is 0 Å². The molecule has 0 saturated heterocycles. The van der Waals surface area contributed by atoms with E-state index in [9.17, 15) is 0 Å². The van der Waals surface area contributed by atoms with Gasteiger partial charge in [-0.15, -0.1) is 0 Å². The molecular formula is C13H20O. The molecule has 0 amide bonds. The number of aryl methyl sites for hydroxylation is 1. The summed E-state index contributed by atoms with van der Waals surface area (Å²) in [5, 5.41) is 0. The van der Waals surface area contributed by atoms with Crippen molar-refractivity contribution in [3.63, 3.8) is 0 Å². The van der Waals surface area contributed by atoms with Crippen LogP contribution in [0.15, 0.2) is 18.2 Å². The summed E-state index contributed by atoms with van der Waals surface area (Å²) in [6.45, 7) is 10.2. The largest absolute Gasteiger partial charge is 0.376 e. The Bertz CT molecular complexity index is 289. The Morgan fingerprint density at radius 1 is 1.21 bits per heavy atom. The van der Waals surface area contributed by atoms with Crippen LogP contribution in [0.1, 0.15) is 30.5 Å². The van der Waals surface area contributed by atoms with Gasteiger partial charge in [-0.3, -0.25) is 0 Å². The number of rotatable bonds is 4. The lowest BCUT2D eigenvalue weighted by atomic mass is 10.0. The van der Waals surface area contributed by atoms with E-state index >= 15 is 0 Å². The maximum absolute atomic E-state index is 5.62. The van der Waals surface area contributed by atoms with Crippen molar-refractivity contribution in [2.24, 2.45) is 5.92 Å². The summed E-state index contributed by atoms with van der Waals surface area (Å²) >= 11 is 0. The lowest BCUT2D eigenvalue weighted by Gasteiger charge is -2.10. The van der Waals surface area contributed by atoms with E-state index in [4.69, 9.17) is 4.74 Å². The molecule has 0 N–H and O–H groups in total. The molecule has 14 heavy (non-hydrogen) atoms. The summed E-state index contributed by atoms with van der Waals surface area (Å²) < 4.78 is 5.62. The zero-order chi connectivity index (χ0) is 10.6. The molecule has 0 aromatic heterocycles. The average Bonchev–Trinajstić information content (AvgIpc) is 2.12. The summed E-state index contributed by atoms with van der Waals surface area (Å²) in [6.07, 6.45) is 0. The zero-order valence-electron chi connectivity index (χ0n) is 9.63. The highest BCUT2D eigenvalue weighted by Gasteiger charge is 2.01. The van der Waals surface area contributed by atoms with Gasteiger partial charge in [0.05, 0.1) is 6.61 Å². The van der Waals surface area contributed by atoms with E-state index in [1.54, 1.807) is 0 Å². The highest BCUT2D eigenvalue weighted by molar-refractivity contribution is 5.32. The molecule has 0 bridgehead atoms. The molecule has 1 heteroatoms. The predicted molar refractivity (Wildman–Crippen MR) is 60.4 cm³/mol. The third-order valence-corrected chi connectivity index (χ3v) is 2.43. The maximum Gasteiger partial charge on any atom is 0.0719 e. The Morgan fingerprint density at radius 3 is 2.57 bits per heavy atom. The number of benzene rings is 1. The average molecular weight is 192 g/mol. The van der Waals surface area contributed by atoms with Gasteiger partial charge in [0.2, 0.25) is 0 Å². The quantitative estimate of drug-likeness (QED) is 0.709. The van der Waals surface area contributed by atoms with Gasteiger partial charge in [0.1, 0.15) is 0 Å². The van der Waals surface area contributed by atoms with E-state index < -0.39 is 0 Å². The van der Waals surface area contributed by atoms with Crippen molar-refractivity contribution in [2.75, 3.05) is 6.61 Å². The number of hydrogen-bond acceptors (Lipinski definition) is 1. The summed E-state index contributed by atoms with van der Waals surface area (Å²) in [4.78, 5) is 0. The van der Waals surface area contributed by atoms with Gasteiger partial charge in [-0.2, -0.15) is 0 Å². The molecule has 1 aromatic carbocycles. The molecule has 0 aliphatic rings. The molecule has 78 valence electrons. The van der Waals surface area contributed by atoms with Crippen molar-refractivity contribution in [2.45, 2.75) is 34.3 Å². The summed E-state index contributed by atoms with van der Waals surface area (Å²) in [6, 6.07) is 6.38. The van der Waals surface area contributed by atoms with Crippen molar-refractivity contribution < 1.29 is 4.74 Å². The molecule has 0 fully saturated rings. The molecular weight excluding hydrogens is 172 g/mol. The van der Waals surface area contributed by atoms with Crippen LogP contribution >= 0.6 is 0 Å².